The summed E-state index contributed by atoms with van der Waals surface area (Å²) in [5.41, 5.74) is 0. The molecule has 3 fully saturated rings. The standard InChI is InChI=1S/C18H25N3O2/c22-18(20-13-3-1-2-4-13)21-14-5-6-15(21)12-17(11-14)23-16-7-9-19-10-8-16/h7-10,13-15,17H,1-6,11-12H2,(H,20,22). The van der Waals surface area contributed by atoms with Crippen LogP contribution in [0.15, 0.2) is 24.5 Å². The van der Waals surface area contributed by atoms with Crippen LogP contribution in [0, 0.1) is 0 Å². The molecule has 2 aliphatic heterocycles. The Kier molecular flexibility index (Phi) is 4.10. The maximum atomic E-state index is 12.6. The van der Waals surface area contributed by atoms with E-state index in [1.165, 1.54) is 12.8 Å². The molecule has 23 heavy (non-hydrogen) atoms. The van der Waals surface area contributed by atoms with E-state index in [4.69, 9.17) is 4.74 Å². The monoisotopic (exact) mass is 315 g/mol. The first-order chi connectivity index (χ1) is 11.3. The summed E-state index contributed by atoms with van der Waals surface area (Å²) >= 11 is 0. The largest absolute Gasteiger partial charge is 0.490 e. The predicted molar refractivity (Wildman–Crippen MR) is 87.3 cm³/mol. The predicted octanol–water partition coefficient (Wildman–Crippen LogP) is 3.11. The summed E-state index contributed by atoms with van der Waals surface area (Å²) in [6, 6.07) is 5.03. The molecule has 1 aromatic rings. The van der Waals surface area contributed by atoms with Crippen molar-refractivity contribution in [2.24, 2.45) is 0 Å². The van der Waals surface area contributed by atoms with E-state index < -0.39 is 0 Å². The topological polar surface area (TPSA) is 54.5 Å². The molecule has 2 atom stereocenters. The fourth-order valence-corrected chi connectivity index (χ4v) is 4.48. The molecular formula is C18H25N3O2. The van der Waals surface area contributed by atoms with Gasteiger partial charge in [-0.25, -0.2) is 4.79 Å². The second-order valence-corrected chi connectivity index (χ2v) is 7.12. The minimum absolute atomic E-state index is 0.159. The second kappa shape index (κ2) is 6.38. The van der Waals surface area contributed by atoms with E-state index in [-0.39, 0.29) is 12.1 Å². The van der Waals surface area contributed by atoms with Gasteiger partial charge in [-0.3, -0.25) is 4.98 Å². The minimum atomic E-state index is 0.159. The number of piperidine rings is 1. The number of carbonyl (C=O) groups excluding carboxylic acids is 1. The first kappa shape index (κ1) is 14.8. The summed E-state index contributed by atoms with van der Waals surface area (Å²) in [6.45, 7) is 0. The lowest BCUT2D eigenvalue weighted by molar-refractivity contribution is 0.0678. The highest BCUT2D eigenvalue weighted by Crippen LogP contribution is 2.37. The van der Waals surface area contributed by atoms with Gasteiger partial charge in [0.25, 0.3) is 0 Å². The van der Waals surface area contributed by atoms with E-state index in [0.29, 0.717) is 18.1 Å². The van der Waals surface area contributed by atoms with Gasteiger partial charge < -0.3 is 15.0 Å². The van der Waals surface area contributed by atoms with Gasteiger partial charge in [0.1, 0.15) is 11.9 Å². The zero-order chi connectivity index (χ0) is 15.6. The molecule has 0 radical (unpaired) electrons. The highest BCUT2D eigenvalue weighted by atomic mass is 16.5. The Hall–Kier alpha value is -1.78. The molecule has 5 nitrogen and oxygen atoms in total. The van der Waals surface area contributed by atoms with E-state index >= 15 is 0 Å². The van der Waals surface area contributed by atoms with Crippen LogP contribution in [0.3, 0.4) is 0 Å². The maximum absolute atomic E-state index is 12.6. The molecule has 124 valence electrons. The third kappa shape index (κ3) is 3.14. The molecule has 0 aromatic carbocycles. The number of hydrogen-bond donors (Lipinski definition) is 1. The molecule has 5 heteroatoms. The third-order valence-electron chi connectivity index (χ3n) is 5.56. The Labute approximate surface area is 137 Å². The van der Waals surface area contributed by atoms with Gasteiger partial charge in [0.2, 0.25) is 0 Å². The van der Waals surface area contributed by atoms with Gasteiger partial charge in [-0.05, 0) is 37.8 Å². The van der Waals surface area contributed by atoms with Gasteiger partial charge in [0, 0.05) is 43.4 Å². The fraction of sp³-hybridized carbons (Fsp3) is 0.667. The number of pyridine rings is 1. The maximum Gasteiger partial charge on any atom is 0.318 e. The number of amides is 2. The summed E-state index contributed by atoms with van der Waals surface area (Å²) < 4.78 is 6.10. The van der Waals surface area contributed by atoms with E-state index in [2.05, 4.69) is 15.2 Å². The molecule has 4 rings (SSSR count). The molecule has 0 spiro atoms. The molecule has 2 unspecified atom stereocenters. The van der Waals surface area contributed by atoms with Crippen LogP contribution < -0.4 is 10.1 Å². The average molecular weight is 315 g/mol. The number of urea groups is 1. The van der Waals surface area contributed by atoms with Crippen molar-refractivity contribution in [3.8, 4) is 5.75 Å². The van der Waals surface area contributed by atoms with Crippen LogP contribution in [-0.4, -0.2) is 40.1 Å². The quantitative estimate of drug-likeness (QED) is 0.932. The van der Waals surface area contributed by atoms with Crippen molar-refractivity contribution in [1.29, 1.82) is 0 Å². The molecule has 2 amide bonds. The molecule has 1 aliphatic carbocycles. The number of rotatable bonds is 3. The van der Waals surface area contributed by atoms with Crippen molar-refractivity contribution in [3.63, 3.8) is 0 Å². The molecule has 1 saturated carbocycles. The van der Waals surface area contributed by atoms with Gasteiger partial charge in [-0.2, -0.15) is 0 Å². The summed E-state index contributed by atoms with van der Waals surface area (Å²) in [6.07, 6.45) is 12.6. The second-order valence-electron chi connectivity index (χ2n) is 7.12. The van der Waals surface area contributed by atoms with Crippen LogP contribution in [0.25, 0.3) is 0 Å². The summed E-state index contributed by atoms with van der Waals surface area (Å²) in [5, 5.41) is 3.25. The number of ether oxygens (including phenoxy) is 1. The van der Waals surface area contributed by atoms with Gasteiger partial charge >= 0.3 is 6.03 Å². The Morgan fingerprint density at radius 1 is 1.09 bits per heavy atom. The molecule has 2 saturated heterocycles. The molecule has 3 heterocycles. The molecule has 1 N–H and O–H groups in total. The SMILES string of the molecule is O=C(NC1CCCC1)N1C2CCC1CC(Oc1ccncc1)C2. The average Bonchev–Trinajstić information content (AvgIpc) is 3.15. The number of fused-ring (bicyclic) bond motifs is 2. The Balaban J connectivity index is 1.37. The number of carbonyl (C=O) groups is 1. The van der Waals surface area contributed by atoms with E-state index in [1.54, 1.807) is 12.4 Å². The van der Waals surface area contributed by atoms with Crippen LogP contribution >= 0.6 is 0 Å². The van der Waals surface area contributed by atoms with Crippen LogP contribution in [0.4, 0.5) is 4.79 Å². The Bertz CT molecular complexity index is 530. The Morgan fingerprint density at radius 3 is 2.39 bits per heavy atom. The van der Waals surface area contributed by atoms with E-state index in [1.807, 2.05) is 12.1 Å². The van der Waals surface area contributed by atoms with Crippen molar-refractivity contribution in [2.75, 3.05) is 0 Å². The van der Waals surface area contributed by atoms with Crippen molar-refractivity contribution >= 4 is 6.03 Å². The lowest BCUT2D eigenvalue weighted by Gasteiger charge is -2.39. The number of nitrogens with one attached hydrogen (secondary N) is 1. The van der Waals surface area contributed by atoms with Crippen LogP contribution in [0.1, 0.15) is 51.4 Å². The number of nitrogens with zero attached hydrogens (tertiary/aromatic N) is 2. The number of aromatic nitrogens is 1. The third-order valence-corrected chi connectivity index (χ3v) is 5.56. The molecule has 3 aliphatic rings. The van der Waals surface area contributed by atoms with Gasteiger partial charge in [0.05, 0.1) is 0 Å². The zero-order valence-electron chi connectivity index (χ0n) is 13.5. The molecule has 2 bridgehead atoms. The molecule has 1 aromatic heterocycles. The summed E-state index contributed by atoms with van der Waals surface area (Å²) in [7, 11) is 0. The van der Waals surface area contributed by atoms with Crippen molar-refractivity contribution in [3.05, 3.63) is 24.5 Å². The van der Waals surface area contributed by atoms with Crippen molar-refractivity contribution in [2.45, 2.75) is 75.6 Å². The van der Waals surface area contributed by atoms with Crippen molar-refractivity contribution < 1.29 is 9.53 Å². The first-order valence-electron chi connectivity index (χ1n) is 8.95. The van der Waals surface area contributed by atoms with Crippen LogP contribution in [0.2, 0.25) is 0 Å². The van der Waals surface area contributed by atoms with Gasteiger partial charge in [0.15, 0.2) is 0 Å². The minimum Gasteiger partial charge on any atom is -0.490 e. The van der Waals surface area contributed by atoms with E-state index in [0.717, 1.165) is 44.3 Å². The van der Waals surface area contributed by atoms with Crippen LogP contribution in [0.5, 0.6) is 5.75 Å². The normalized spacial score (nSPS) is 30.4. The lowest BCUT2D eigenvalue weighted by Crippen LogP contribution is -2.54. The lowest BCUT2D eigenvalue weighted by atomic mass is 10.00. The smallest absolute Gasteiger partial charge is 0.318 e. The zero-order valence-corrected chi connectivity index (χ0v) is 13.5. The van der Waals surface area contributed by atoms with Gasteiger partial charge in [-0.1, -0.05) is 12.8 Å². The summed E-state index contributed by atoms with van der Waals surface area (Å²) in [4.78, 5) is 18.8. The van der Waals surface area contributed by atoms with Crippen LogP contribution in [-0.2, 0) is 0 Å². The number of hydrogen-bond acceptors (Lipinski definition) is 3. The first-order valence-corrected chi connectivity index (χ1v) is 8.95. The highest BCUT2D eigenvalue weighted by molar-refractivity contribution is 5.76. The summed E-state index contributed by atoms with van der Waals surface area (Å²) in [5.74, 6) is 0.883. The molecular weight excluding hydrogens is 290 g/mol. The van der Waals surface area contributed by atoms with Gasteiger partial charge in [-0.15, -0.1) is 0 Å². The highest BCUT2D eigenvalue weighted by Gasteiger charge is 2.44. The Morgan fingerprint density at radius 2 is 1.74 bits per heavy atom. The fourth-order valence-electron chi connectivity index (χ4n) is 4.48. The van der Waals surface area contributed by atoms with Crippen molar-refractivity contribution in [1.82, 2.24) is 15.2 Å². The van der Waals surface area contributed by atoms with E-state index in [9.17, 15) is 4.79 Å².